The van der Waals surface area contributed by atoms with Crippen molar-refractivity contribution < 1.29 is 4.79 Å². The molecule has 1 heterocycles. The number of nitrogens with zero attached hydrogens (tertiary/aromatic N) is 3. The van der Waals surface area contributed by atoms with Crippen LogP contribution in [0.1, 0.15) is 6.92 Å². The van der Waals surface area contributed by atoms with Crippen LogP contribution in [0.25, 0.3) is 0 Å². The minimum absolute atomic E-state index is 0.104. The van der Waals surface area contributed by atoms with E-state index in [-0.39, 0.29) is 12.1 Å². The summed E-state index contributed by atoms with van der Waals surface area (Å²) in [5.41, 5.74) is 0.690. The largest absolute Gasteiger partial charge is 0.322 e. The van der Waals surface area contributed by atoms with Gasteiger partial charge in [0.1, 0.15) is 0 Å². The normalized spacial score (nSPS) is 17.4. The Balaban J connectivity index is 1.88. The first kappa shape index (κ1) is 14.6. The summed E-state index contributed by atoms with van der Waals surface area (Å²) < 4.78 is 0. The highest BCUT2D eigenvalue weighted by atomic mass is 35.5. The predicted octanol–water partition coefficient (Wildman–Crippen LogP) is 2.40. The molecule has 106 valence electrons. The zero-order valence-electron chi connectivity index (χ0n) is 11.3. The molecule has 1 aliphatic heterocycles. The first-order valence-corrected chi connectivity index (χ1v) is 6.93. The fourth-order valence-electron chi connectivity index (χ4n) is 2.16. The number of anilines is 1. The first-order chi connectivity index (χ1) is 9.60. The number of nitriles is 1. The summed E-state index contributed by atoms with van der Waals surface area (Å²) >= 11 is 5.88. The number of piperazine rings is 1. The quantitative estimate of drug-likeness (QED) is 0.910. The minimum Gasteiger partial charge on any atom is -0.322 e. The SMILES string of the molecule is CC(C#N)N1CCN(C(=O)Nc2cccc(Cl)c2)CC1. The molecule has 1 aromatic rings. The molecule has 0 aromatic heterocycles. The molecule has 5 nitrogen and oxygen atoms in total. The average Bonchev–Trinajstić information content (AvgIpc) is 2.46. The van der Waals surface area contributed by atoms with Crippen LogP contribution < -0.4 is 5.32 Å². The topological polar surface area (TPSA) is 59.4 Å². The number of rotatable bonds is 2. The summed E-state index contributed by atoms with van der Waals surface area (Å²) in [6.07, 6.45) is 0. The van der Waals surface area contributed by atoms with Crippen LogP contribution in [0.4, 0.5) is 10.5 Å². The van der Waals surface area contributed by atoms with E-state index in [1.165, 1.54) is 0 Å². The summed E-state index contributed by atoms with van der Waals surface area (Å²) in [6.45, 7) is 4.56. The van der Waals surface area contributed by atoms with Crippen LogP contribution in [0.15, 0.2) is 24.3 Å². The molecule has 1 aliphatic rings. The second kappa shape index (κ2) is 6.60. The molecule has 2 rings (SSSR count). The van der Waals surface area contributed by atoms with E-state index < -0.39 is 0 Å². The Kier molecular flexibility index (Phi) is 4.83. The number of hydrogen-bond donors (Lipinski definition) is 1. The summed E-state index contributed by atoms with van der Waals surface area (Å²) in [5, 5.41) is 12.3. The molecule has 0 radical (unpaired) electrons. The van der Waals surface area contributed by atoms with E-state index >= 15 is 0 Å². The summed E-state index contributed by atoms with van der Waals surface area (Å²) in [7, 11) is 0. The van der Waals surface area contributed by atoms with Crippen LogP contribution in [0.5, 0.6) is 0 Å². The number of amides is 2. The molecular weight excluding hydrogens is 276 g/mol. The van der Waals surface area contributed by atoms with Gasteiger partial charge in [-0.15, -0.1) is 0 Å². The molecule has 1 fully saturated rings. The van der Waals surface area contributed by atoms with Crippen molar-refractivity contribution in [3.63, 3.8) is 0 Å². The van der Waals surface area contributed by atoms with Gasteiger partial charge in [0.2, 0.25) is 0 Å². The van der Waals surface area contributed by atoms with E-state index in [1.54, 1.807) is 29.2 Å². The van der Waals surface area contributed by atoms with Crippen molar-refractivity contribution in [3.8, 4) is 6.07 Å². The van der Waals surface area contributed by atoms with Crippen LogP contribution in [-0.4, -0.2) is 48.1 Å². The number of hydrogen-bond acceptors (Lipinski definition) is 3. The van der Waals surface area contributed by atoms with Gasteiger partial charge in [-0.2, -0.15) is 5.26 Å². The van der Waals surface area contributed by atoms with E-state index in [0.717, 1.165) is 13.1 Å². The van der Waals surface area contributed by atoms with Crippen LogP contribution in [-0.2, 0) is 0 Å². The first-order valence-electron chi connectivity index (χ1n) is 6.55. The highest BCUT2D eigenvalue weighted by molar-refractivity contribution is 6.30. The lowest BCUT2D eigenvalue weighted by Gasteiger charge is -2.35. The van der Waals surface area contributed by atoms with E-state index in [1.807, 2.05) is 6.92 Å². The van der Waals surface area contributed by atoms with Crippen molar-refractivity contribution in [2.45, 2.75) is 13.0 Å². The van der Waals surface area contributed by atoms with Crippen molar-refractivity contribution in [3.05, 3.63) is 29.3 Å². The molecule has 1 unspecified atom stereocenters. The second-order valence-corrected chi connectivity index (χ2v) is 5.21. The van der Waals surface area contributed by atoms with E-state index in [4.69, 9.17) is 16.9 Å². The predicted molar refractivity (Wildman–Crippen MR) is 78.7 cm³/mol. The Morgan fingerprint density at radius 1 is 1.40 bits per heavy atom. The molecule has 6 heteroatoms. The zero-order chi connectivity index (χ0) is 14.5. The maximum atomic E-state index is 12.1. The second-order valence-electron chi connectivity index (χ2n) is 4.77. The van der Waals surface area contributed by atoms with Crippen LogP contribution in [0.3, 0.4) is 0 Å². The molecule has 1 atom stereocenters. The van der Waals surface area contributed by atoms with Crippen molar-refractivity contribution in [1.82, 2.24) is 9.80 Å². The molecular formula is C14H17ClN4O. The highest BCUT2D eigenvalue weighted by Gasteiger charge is 2.23. The van der Waals surface area contributed by atoms with Crippen LogP contribution >= 0.6 is 11.6 Å². The number of carbonyl (C=O) groups excluding carboxylic acids is 1. The molecule has 1 aromatic carbocycles. The minimum atomic E-state index is -0.128. The number of carbonyl (C=O) groups is 1. The Morgan fingerprint density at radius 3 is 2.70 bits per heavy atom. The molecule has 1 saturated heterocycles. The summed E-state index contributed by atoms with van der Waals surface area (Å²) in [4.78, 5) is 15.9. The van der Waals surface area contributed by atoms with Gasteiger partial charge in [-0.05, 0) is 25.1 Å². The number of nitrogens with one attached hydrogen (secondary N) is 1. The molecule has 1 N–H and O–H groups in total. The number of halogens is 1. The maximum Gasteiger partial charge on any atom is 0.321 e. The summed E-state index contributed by atoms with van der Waals surface area (Å²) in [6, 6.07) is 9.06. The molecule has 0 bridgehead atoms. The van der Waals surface area contributed by atoms with Crippen molar-refractivity contribution in [1.29, 1.82) is 5.26 Å². The Hall–Kier alpha value is -1.77. The molecule has 20 heavy (non-hydrogen) atoms. The molecule has 0 spiro atoms. The van der Waals surface area contributed by atoms with E-state index in [0.29, 0.717) is 23.8 Å². The van der Waals surface area contributed by atoms with Gasteiger partial charge in [-0.1, -0.05) is 17.7 Å². The highest BCUT2D eigenvalue weighted by Crippen LogP contribution is 2.16. The van der Waals surface area contributed by atoms with Gasteiger partial charge >= 0.3 is 6.03 Å². The smallest absolute Gasteiger partial charge is 0.321 e. The monoisotopic (exact) mass is 292 g/mol. The molecule has 0 aliphatic carbocycles. The average molecular weight is 293 g/mol. The van der Waals surface area contributed by atoms with Gasteiger partial charge < -0.3 is 10.2 Å². The van der Waals surface area contributed by atoms with Gasteiger partial charge in [-0.25, -0.2) is 4.79 Å². The van der Waals surface area contributed by atoms with Crippen molar-refractivity contribution in [2.75, 3.05) is 31.5 Å². The number of urea groups is 1. The van der Waals surface area contributed by atoms with E-state index in [2.05, 4.69) is 16.3 Å². The van der Waals surface area contributed by atoms with Crippen LogP contribution in [0.2, 0.25) is 5.02 Å². The van der Waals surface area contributed by atoms with Crippen molar-refractivity contribution in [2.24, 2.45) is 0 Å². The lowest BCUT2D eigenvalue weighted by molar-refractivity contribution is 0.135. The zero-order valence-corrected chi connectivity index (χ0v) is 12.1. The fourth-order valence-corrected chi connectivity index (χ4v) is 2.35. The van der Waals surface area contributed by atoms with Crippen LogP contribution in [0, 0.1) is 11.3 Å². The Morgan fingerprint density at radius 2 is 2.10 bits per heavy atom. The third kappa shape index (κ3) is 3.62. The number of benzene rings is 1. The maximum absolute atomic E-state index is 12.1. The third-order valence-electron chi connectivity index (χ3n) is 3.41. The fraction of sp³-hybridized carbons (Fsp3) is 0.429. The van der Waals surface area contributed by atoms with Gasteiger partial charge in [0.25, 0.3) is 0 Å². The van der Waals surface area contributed by atoms with Gasteiger partial charge in [0.05, 0.1) is 12.1 Å². The molecule has 2 amide bonds. The lowest BCUT2D eigenvalue weighted by atomic mass is 10.2. The van der Waals surface area contributed by atoms with E-state index in [9.17, 15) is 4.79 Å². The Labute approximate surface area is 123 Å². The standard InChI is InChI=1S/C14H17ClN4O/c1-11(10-16)18-5-7-19(8-6-18)14(20)17-13-4-2-3-12(15)9-13/h2-4,9,11H,5-8H2,1H3,(H,17,20). The van der Waals surface area contributed by atoms with Gasteiger partial charge in [-0.3, -0.25) is 4.90 Å². The third-order valence-corrected chi connectivity index (χ3v) is 3.65. The van der Waals surface area contributed by atoms with Gasteiger partial charge in [0, 0.05) is 36.9 Å². The molecule has 0 saturated carbocycles. The Bertz CT molecular complexity index is 520. The summed E-state index contributed by atoms with van der Waals surface area (Å²) in [5.74, 6) is 0. The lowest BCUT2D eigenvalue weighted by Crippen LogP contribution is -2.52. The van der Waals surface area contributed by atoms with Gasteiger partial charge in [0.15, 0.2) is 0 Å². The van der Waals surface area contributed by atoms with Crippen molar-refractivity contribution >= 4 is 23.3 Å².